The predicted octanol–water partition coefficient (Wildman–Crippen LogP) is 13.4. The first-order valence-electron chi connectivity index (χ1n) is 16.8. The van der Waals surface area contributed by atoms with Gasteiger partial charge in [0.25, 0.3) is 0 Å². The minimum Gasteiger partial charge on any atom is -0.0654 e. The molecule has 0 amide bonds. The van der Waals surface area contributed by atoms with Gasteiger partial charge in [-0.05, 0) is 5.92 Å². The topological polar surface area (TPSA) is 0 Å². The lowest BCUT2D eigenvalue weighted by molar-refractivity contribution is 0.433. The van der Waals surface area contributed by atoms with Crippen LogP contribution in [0, 0.1) is 5.92 Å². The Labute approximate surface area is 219 Å². The van der Waals surface area contributed by atoms with Crippen molar-refractivity contribution in [2.24, 2.45) is 5.92 Å². The van der Waals surface area contributed by atoms with Crippen molar-refractivity contribution in [2.75, 3.05) is 0 Å². The summed E-state index contributed by atoms with van der Waals surface area (Å²) in [5.74, 6) is 0.969. The van der Waals surface area contributed by atoms with Crippen LogP contribution in [0.15, 0.2) is 0 Å². The van der Waals surface area contributed by atoms with Crippen molar-refractivity contribution in [2.45, 2.75) is 213 Å². The molecule has 0 aromatic rings. The zero-order chi connectivity index (χ0) is 24.8. The highest BCUT2D eigenvalue weighted by molar-refractivity contribution is 4.56. The summed E-state index contributed by atoms with van der Waals surface area (Å²) >= 11 is 0. The lowest BCUT2D eigenvalue weighted by Gasteiger charge is -2.10. The minimum atomic E-state index is 0.969. The normalized spacial score (nSPS) is 12.4. The lowest BCUT2D eigenvalue weighted by Crippen LogP contribution is -1.95. The lowest BCUT2D eigenvalue weighted by atomic mass is 9.96. The fourth-order valence-electron chi connectivity index (χ4n) is 5.52. The SMILES string of the molecule is CCCCCCCCCCCCCCCCCCCCCCCCCCC(C)CCCCCC. The molecule has 34 heavy (non-hydrogen) atoms. The first kappa shape index (κ1) is 34.0. The highest BCUT2D eigenvalue weighted by atomic mass is 14.1. The maximum absolute atomic E-state index is 2.48. The van der Waals surface area contributed by atoms with E-state index in [-0.39, 0.29) is 0 Å². The van der Waals surface area contributed by atoms with E-state index in [4.69, 9.17) is 0 Å². The van der Waals surface area contributed by atoms with Crippen LogP contribution in [-0.4, -0.2) is 0 Å². The Bertz CT molecular complexity index is 333. The molecule has 0 radical (unpaired) electrons. The molecule has 0 N–H and O–H groups in total. The maximum Gasteiger partial charge on any atom is -0.0443 e. The third-order valence-electron chi connectivity index (χ3n) is 8.10. The third-order valence-corrected chi connectivity index (χ3v) is 8.10. The Kier molecular flexibility index (Phi) is 31.0. The van der Waals surface area contributed by atoms with Gasteiger partial charge in [0.2, 0.25) is 0 Å². The molecule has 0 aliphatic carbocycles. The Balaban J connectivity index is 3.06. The van der Waals surface area contributed by atoms with Crippen LogP contribution in [0.3, 0.4) is 0 Å². The molecule has 0 rings (SSSR count). The summed E-state index contributed by atoms with van der Waals surface area (Å²) in [6.07, 6.45) is 44.3. The standard InChI is InChI=1S/C34H70/c1-4-6-8-10-11-12-13-14-15-16-17-18-19-20-21-22-23-24-25-26-27-28-29-31-33-34(3)32-30-9-7-5-2/h34H,4-33H2,1-3H3. The van der Waals surface area contributed by atoms with E-state index in [0.29, 0.717) is 0 Å². The number of hydrogen-bond acceptors (Lipinski definition) is 0. The van der Waals surface area contributed by atoms with E-state index < -0.39 is 0 Å². The van der Waals surface area contributed by atoms with Gasteiger partial charge in [0.1, 0.15) is 0 Å². The van der Waals surface area contributed by atoms with Crippen molar-refractivity contribution >= 4 is 0 Å². The summed E-state index contributed by atoms with van der Waals surface area (Å²) in [5.41, 5.74) is 0. The largest absolute Gasteiger partial charge is 0.0654 e. The van der Waals surface area contributed by atoms with Crippen LogP contribution >= 0.6 is 0 Å². The van der Waals surface area contributed by atoms with Crippen LogP contribution in [-0.2, 0) is 0 Å². The molecule has 1 unspecified atom stereocenters. The summed E-state index contributed by atoms with van der Waals surface area (Å²) in [5, 5.41) is 0. The van der Waals surface area contributed by atoms with Gasteiger partial charge in [-0.2, -0.15) is 0 Å². The Morgan fingerprint density at radius 1 is 0.265 bits per heavy atom. The molecular formula is C34H70. The smallest absolute Gasteiger partial charge is 0.0443 e. The number of rotatable bonds is 30. The van der Waals surface area contributed by atoms with Crippen LogP contribution in [0.5, 0.6) is 0 Å². The van der Waals surface area contributed by atoms with Crippen LogP contribution in [0.2, 0.25) is 0 Å². The van der Waals surface area contributed by atoms with Gasteiger partial charge in [-0.25, -0.2) is 0 Å². The molecule has 0 aliphatic heterocycles. The van der Waals surface area contributed by atoms with E-state index in [1.807, 2.05) is 0 Å². The molecule has 0 aromatic heterocycles. The average molecular weight is 479 g/mol. The number of hydrogen-bond donors (Lipinski definition) is 0. The predicted molar refractivity (Wildman–Crippen MR) is 159 cm³/mol. The number of unbranched alkanes of at least 4 members (excludes halogenated alkanes) is 26. The second-order valence-corrected chi connectivity index (χ2v) is 11.9. The molecule has 0 heteroatoms. The van der Waals surface area contributed by atoms with Gasteiger partial charge in [-0.1, -0.05) is 213 Å². The highest BCUT2D eigenvalue weighted by Crippen LogP contribution is 2.19. The van der Waals surface area contributed by atoms with Crippen molar-refractivity contribution in [1.82, 2.24) is 0 Å². The van der Waals surface area contributed by atoms with E-state index in [1.165, 1.54) is 193 Å². The fourth-order valence-corrected chi connectivity index (χ4v) is 5.52. The maximum atomic E-state index is 2.48. The third kappa shape index (κ3) is 30.0. The molecular weight excluding hydrogens is 408 g/mol. The molecule has 0 fully saturated rings. The average Bonchev–Trinajstić information content (AvgIpc) is 2.84. The second-order valence-electron chi connectivity index (χ2n) is 11.9. The van der Waals surface area contributed by atoms with E-state index in [2.05, 4.69) is 20.8 Å². The summed E-state index contributed by atoms with van der Waals surface area (Å²) in [4.78, 5) is 0. The van der Waals surface area contributed by atoms with Crippen molar-refractivity contribution < 1.29 is 0 Å². The van der Waals surface area contributed by atoms with Gasteiger partial charge >= 0.3 is 0 Å². The molecule has 0 bridgehead atoms. The van der Waals surface area contributed by atoms with E-state index in [0.717, 1.165) is 5.92 Å². The van der Waals surface area contributed by atoms with Crippen LogP contribution in [0.1, 0.15) is 213 Å². The van der Waals surface area contributed by atoms with Crippen molar-refractivity contribution in [1.29, 1.82) is 0 Å². The second kappa shape index (κ2) is 31.0. The highest BCUT2D eigenvalue weighted by Gasteiger charge is 2.02. The summed E-state index contributed by atoms with van der Waals surface area (Å²) in [6, 6.07) is 0. The first-order chi connectivity index (χ1) is 16.8. The first-order valence-corrected chi connectivity index (χ1v) is 16.8. The van der Waals surface area contributed by atoms with Gasteiger partial charge in [0.05, 0.1) is 0 Å². The van der Waals surface area contributed by atoms with Gasteiger partial charge in [0, 0.05) is 0 Å². The Hall–Kier alpha value is 0. The molecule has 0 saturated carbocycles. The van der Waals surface area contributed by atoms with Crippen molar-refractivity contribution in [3.05, 3.63) is 0 Å². The van der Waals surface area contributed by atoms with Crippen LogP contribution < -0.4 is 0 Å². The molecule has 1 atom stereocenters. The molecule has 0 nitrogen and oxygen atoms in total. The van der Waals surface area contributed by atoms with E-state index in [1.54, 1.807) is 0 Å². The zero-order valence-electron chi connectivity index (χ0n) is 24.8. The monoisotopic (exact) mass is 479 g/mol. The Morgan fingerprint density at radius 2 is 0.441 bits per heavy atom. The van der Waals surface area contributed by atoms with Gasteiger partial charge < -0.3 is 0 Å². The Morgan fingerprint density at radius 3 is 0.676 bits per heavy atom. The molecule has 0 saturated heterocycles. The summed E-state index contributed by atoms with van der Waals surface area (Å²) in [6.45, 7) is 7.09. The summed E-state index contributed by atoms with van der Waals surface area (Å²) < 4.78 is 0. The minimum absolute atomic E-state index is 0.969. The fraction of sp³-hybridized carbons (Fsp3) is 1.00. The van der Waals surface area contributed by atoms with Crippen LogP contribution in [0.25, 0.3) is 0 Å². The molecule has 0 aliphatic rings. The van der Waals surface area contributed by atoms with Gasteiger partial charge in [0.15, 0.2) is 0 Å². The molecule has 0 heterocycles. The van der Waals surface area contributed by atoms with Crippen LogP contribution in [0.4, 0.5) is 0 Å². The molecule has 206 valence electrons. The van der Waals surface area contributed by atoms with Crippen molar-refractivity contribution in [3.63, 3.8) is 0 Å². The van der Waals surface area contributed by atoms with E-state index >= 15 is 0 Å². The molecule has 0 spiro atoms. The van der Waals surface area contributed by atoms with Gasteiger partial charge in [-0.3, -0.25) is 0 Å². The van der Waals surface area contributed by atoms with Crippen molar-refractivity contribution in [3.8, 4) is 0 Å². The molecule has 0 aromatic carbocycles. The van der Waals surface area contributed by atoms with E-state index in [9.17, 15) is 0 Å². The quantitative estimate of drug-likeness (QED) is 0.0900. The zero-order valence-corrected chi connectivity index (χ0v) is 24.8. The summed E-state index contributed by atoms with van der Waals surface area (Å²) in [7, 11) is 0. The van der Waals surface area contributed by atoms with Gasteiger partial charge in [-0.15, -0.1) is 0 Å².